The highest BCUT2D eigenvalue weighted by Crippen LogP contribution is 2.22. The number of hydrogen-bond acceptors (Lipinski definition) is 4. The van der Waals surface area contributed by atoms with Crippen molar-refractivity contribution in [2.75, 3.05) is 6.61 Å². The molecule has 0 saturated heterocycles. The lowest BCUT2D eigenvalue weighted by atomic mass is 10.3. The smallest absolute Gasteiger partial charge is 0.264 e. The molecule has 0 unspecified atom stereocenters. The SMILES string of the molecule is CCCOCc1nn([C@H](C)CC)cc1S(=O)(=O)Cl. The van der Waals surface area contributed by atoms with Crippen LogP contribution in [0, 0.1) is 0 Å². The van der Waals surface area contributed by atoms with Crippen LogP contribution in [0.15, 0.2) is 11.1 Å². The molecule has 0 bridgehead atoms. The topological polar surface area (TPSA) is 61.2 Å². The van der Waals surface area contributed by atoms with Crippen LogP contribution in [0.25, 0.3) is 0 Å². The molecule has 104 valence electrons. The van der Waals surface area contributed by atoms with E-state index in [0.717, 1.165) is 12.8 Å². The van der Waals surface area contributed by atoms with Crippen LogP contribution in [0.3, 0.4) is 0 Å². The van der Waals surface area contributed by atoms with Crippen LogP contribution in [-0.2, 0) is 20.4 Å². The van der Waals surface area contributed by atoms with E-state index in [0.29, 0.717) is 12.3 Å². The van der Waals surface area contributed by atoms with Gasteiger partial charge >= 0.3 is 0 Å². The van der Waals surface area contributed by atoms with Crippen LogP contribution in [0.4, 0.5) is 0 Å². The highest BCUT2D eigenvalue weighted by atomic mass is 35.7. The van der Waals surface area contributed by atoms with Crippen LogP contribution in [0.5, 0.6) is 0 Å². The summed E-state index contributed by atoms with van der Waals surface area (Å²) in [6.07, 6.45) is 3.20. The standard InChI is InChI=1S/C11H19ClN2O3S/c1-4-6-17-8-10-11(18(12,15)16)7-14(13-10)9(3)5-2/h7,9H,4-6,8H2,1-3H3/t9-/m1/s1. The van der Waals surface area contributed by atoms with Gasteiger partial charge in [-0.25, -0.2) is 8.42 Å². The molecule has 0 aliphatic carbocycles. The maximum atomic E-state index is 11.5. The Morgan fingerprint density at radius 3 is 2.67 bits per heavy atom. The van der Waals surface area contributed by atoms with Crippen LogP contribution in [-0.4, -0.2) is 24.8 Å². The van der Waals surface area contributed by atoms with E-state index in [-0.39, 0.29) is 17.5 Å². The Kier molecular flexibility index (Phi) is 5.62. The van der Waals surface area contributed by atoms with E-state index in [2.05, 4.69) is 5.10 Å². The van der Waals surface area contributed by atoms with Crippen molar-refractivity contribution in [1.29, 1.82) is 0 Å². The minimum atomic E-state index is -3.78. The van der Waals surface area contributed by atoms with E-state index in [1.54, 1.807) is 4.68 Å². The molecule has 0 aliphatic rings. The van der Waals surface area contributed by atoms with Crippen LogP contribution < -0.4 is 0 Å². The molecule has 18 heavy (non-hydrogen) atoms. The van der Waals surface area contributed by atoms with Crippen molar-refractivity contribution in [2.45, 2.75) is 51.2 Å². The summed E-state index contributed by atoms with van der Waals surface area (Å²) < 4.78 is 29.9. The summed E-state index contributed by atoms with van der Waals surface area (Å²) in [5, 5.41) is 4.25. The predicted octanol–water partition coefficient (Wildman–Crippen LogP) is 2.71. The van der Waals surface area contributed by atoms with Gasteiger partial charge in [0.15, 0.2) is 0 Å². The van der Waals surface area contributed by atoms with Gasteiger partial charge in [0.25, 0.3) is 9.05 Å². The molecule has 0 spiro atoms. The summed E-state index contributed by atoms with van der Waals surface area (Å²) in [5.41, 5.74) is 0.374. The average molecular weight is 295 g/mol. The Morgan fingerprint density at radius 1 is 1.50 bits per heavy atom. The van der Waals surface area contributed by atoms with Crippen molar-refractivity contribution in [3.8, 4) is 0 Å². The van der Waals surface area contributed by atoms with Gasteiger partial charge in [0.05, 0.1) is 6.61 Å². The Labute approximate surface area is 113 Å². The maximum Gasteiger partial charge on any atom is 0.264 e. The molecule has 1 aromatic rings. The summed E-state index contributed by atoms with van der Waals surface area (Å²) >= 11 is 0. The van der Waals surface area contributed by atoms with Crippen LogP contribution in [0.2, 0.25) is 0 Å². The van der Waals surface area contributed by atoms with E-state index in [1.807, 2.05) is 20.8 Å². The molecule has 0 radical (unpaired) electrons. The fourth-order valence-corrected chi connectivity index (χ4v) is 2.44. The van der Waals surface area contributed by atoms with Crippen molar-refractivity contribution in [1.82, 2.24) is 9.78 Å². The zero-order valence-corrected chi connectivity index (χ0v) is 12.5. The predicted molar refractivity (Wildman–Crippen MR) is 70.2 cm³/mol. The summed E-state index contributed by atoms with van der Waals surface area (Å²) in [5.74, 6) is 0. The molecule has 0 aromatic carbocycles. The molecule has 1 atom stereocenters. The first-order valence-corrected chi connectivity index (χ1v) is 8.31. The second kappa shape index (κ2) is 6.54. The van der Waals surface area contributed by atoms with Gasteiger partial charge in [-0.05, 0) is 19.8 Å². The van der Waals surface area contributed by atoms with E-state index in [4.69, 9.17) is 15.4 Å². The molecule has 1 heterocycles. The second-order valence-electron chi connectivity index (χ2n) is 4.17. The normalized spacial score (nSPS) is 13.8. The molecule has 7 heteroatoms. The second-order valence-corrected chi connectivity index (χ2v) is 6.70. The molecule has 0 fully saturated rings. The summed E-state index contributed by atoms with van der Waals surface area (Å²) in [6, 6.07) is 0.127. The van der Waals surface area contributed by atoms with Crippen molar-refractivity contribution in [3.63, 3.8) is 0 Å². The Balaban J connectivity index is 3.02. The van der Waals surface area contributed by atoms with Gasteiger partial charge in [0.1, 0.15) is 10.6 Å². The monoisotopic (exact) mass is 294 g/mol. The molecular formula is C11H19ClN2O3S. The number of nitrogens with zero attached hydrogens (tertiary/aromatic N) is 2. The van der Waals surface area contributed by atoms with Crippen molar-refractivity contribution in [2.24, 2.45) is 0 Å². The van der Waals surface area contributed by atoms with Crippen molar-refractivity contribution < 1.29 is 13.2 Å². The van der Waals surface area contributed by atoms with Gasteiger partial charge in [-0.1, -0.05) is 13.8 Å². The lowest BCUT2D eigenvalue weighted by molar-refractivity contribution is 0.116. The molecule has 0 aliphatic heterocycles. The van der Waals surface area contributed by atoms with E-state index >= 15 is 0 Å². The number of rotatable bonds is 7. The summed E-state index contributed by atoms with van der Waals surface area (Å²) in [4.78, 5) is 0.0422. The third kappa shape index (κ3) is 3.96. The minimum Gasteiger partial charge on any atom is -0.375 e. The third-order valence-electron chi connectivity index (χ3n) is 2.66. The first kappa shape index (κ1) is 15.5. The number of ether oxygens (including phenoxy) is 1. The minimum absolute atomic E-state index is 0.0422. The van der Waals surface area contributed by atoms with Gasteiger partial charge in [-0.15, -0.1) is 0 Å². The lowest BCUT2D eigenvalue weighted by Gasteiger charge is -2.07. The van der Waals surface area contributed by atoms with Gasteiger partial charge < -0.3 is 4.74 Å². The van der Waals surface area contributed by atoms with Gasteiger partial charge in [-0.3, -0.25) is 4.68 Å². The molecule has 5 nitrogen and oxygen atoms in total. The quantitative estimate of drug-likeness (QED) is 0.573. The number of halogens is 1. The van der Waals surface area contributed by atoms with E-state index in [9.17, 15) is 8.42 Å². The molecule has 1 aromatic heterocycles. The first-order chi connectivity index (χ1) is 8.40. The molecule has 0 amide bonds. The van der Waals surface area contributed by atoms with Gasteiger partial charge in [0, 0.05) is 29.5 Å². The zero-order valence-electron chi connectivity index (χ0n) is 10.9. The fraction of sp³-hybridized carbons (Fsp3) is 0.727. The van der Waals surface area contributed by atoms with Crippen LogP contribution >= 0.6 is 10.7 Å². The maximum absolute atomic E-state index is 11.5. The zero-order chi connectivity index (χ0) is 13.8. The first-order valence-electron chi connectivity index (χ1n) is 6.00. The lowest BCUT2D eigenvalue weighted by Crippen LogP contribution is -2.05. The largest absolute Gasteiger partial charge is 0.375 e. The number of aromatic nitrogens is 2. The highest BCUT2D eigenvalue weighted by Gasteiger charge is 2.21. The summed E-state index contributed by atoms with van der Waals surface area (Å²) in [7, 11) is 1.62. The molecule has 0 saturated carbocycles. The van der Waals surface area contributed by atoms with Crippen LogP contribution in [0.1, 0.15) is 45.3 Å². The third-order valence-corrected chi connectivity index (χ3v) is 4.03. The van der Waals surface area contributed by atoms with Gasteiger partial charge in [0.2, 0.25) is 0 Å². The highest BCUT2D eigenvalue weighted by molar-refractivity contribution is 8.13. The van der Waals surface area contributed by atoms with Crippen molar-refractivity contribution in [3.05, 3.63) is 11.9 Å². The molecular weight excluding hydrogens is 276 g/mol. The van der Waals surface area contributed by atoms with E-state index < -0.39 is 9.05 Å². The average Bonchev–Trinajstić information content (AvgIpc) is 2.72. The molecule has 0 N–H and O–H groups in total. The van der Waals surface area contributed by atoms with Gasteiger partial charge in [-0.2, -0.15) is 5.10 Å². The van der Waals surface area contributed by atoms with E-state index in [1.165, 1.54) is 6.20 Å². The Hall–Kier alpha value is -0.590. The molecule has 1 rings (SSSR count). The number of hydrogen-bond donors (Lipinski definition) is 0. The Bertz CT molecular complexity index is 484. The van der Waals surface area contributed by atoms with Crippen molar-refractivity contribution >= 4 is 19.7 Å². The Morgan fingerprint density at radius 2 is 2.17 bits per heavy atom. The summed E-state index contributed by atoms with van der Waals surface area (Å²) in [6.45, 7) is 6.69. The fourth-order valence-electron chi connectivity index (χ4n) is 1.44.